The first-order chi connectivity index (χ1) is 8.20. The largest absolute Gasteiger partial charge is 0.379 e. The fourth-order valence-electron chi connectivity index (χ4n) is 1.57. The van der Waals surface area contributed by atoms with E-state index in [4.69, 9.17) is 4.74 Å². The van der Waals surface area contributed by atoms with Gasteiger partial charge in [0.1, 0.15) is 5.69 Å². The Labute approximate surface area is 101 Å². The molecular weight excluding hydrogens is 220 g/mol. The van der Waals surface area contributed by atoms with Gasteiger partial charge in [-0.25, -0.2) is 0 Å². The lowest BCUT2D eigenvalue weighted by Gasteiger charge is -2.11. The monoisotopic (exact) mass is 238 g/mol. The number of hydrogen-bond acceptors (Lipinski definition) is 4. The number of rotatable bonds is 7. The molecule has 0 bridgehead atoms. The highest BCUT2D eigenvalue weighted by atomic mass is 16.6. The molecule has 0 aliphatic heterocycles. The Hall–Kier alpha value is -1.62. The molecular formula is C12H18N2O3. The van der Waals surface area contributed by atoms with Crippen LogP contribution < -0.4 is 5.32 Å². The quantitative estimate of drug-likeness (QED) is 0.450. The van der Waals surface area contributed by atoms with Gasteiger partial charge in [0.05, 0.1) is 11.5 Å². The maximum absolute atomic E-state index is 10.9. The lowest BCUT2D eigenvalue weighted by atomic mass is 10.1. The van der Waals surface area contributed by atoms with Crippen LogP contribution >= 0.6 is 0 Å². The van der Waals surface area contributed by atoms with Crippen molar-refractivity contribution in [1.82, 2.24) is 0 Å². The predicted molar refractivity (Wildman–Crippen MR) is 67.2 cm³/mol. The number of ether oxygens (including phenoxy) is 1. The zero-order valence-electron chi connectivity index (χ0n) is 10.2. The van der Waals surface area contributed by atoms with Crippen LogP contribution in [0.5, 0.6) is 0 Å². The molecule has 0 heterocycles. The van der Waals surface area contributed by atoms with Gasteiger partial charge in [-0.15, -0.1) is 0 Å². The molecule has 0 aliphatic carbocycles. The van der Waals surface area contributed by atoms with Gasteiger partial charge in [-0.3, -0.25) is 10.1 Å². The van der Waals surface area contributed by atoms with Gasteiger partial charge in [0, 0.05) is 24.8 Å². The van der Waals surface area contributed by atoms with Crippen LogP contribution in [0.15, 0.2) is 18.2 Å². The van der Waals surface area contributed by atoms with Gasteiger partial charge in [0.25, 0.3) is 5.69 Å². The molecule has 1 aromatic rings. The number of nitrogens with zero attached hydrogens (tertiary/aromatic N) is 1. The standard InChI is InChI=1S/C12H18N2O3/c1-3-8-17-9-10-6-5-7-11(14(15)16)12(10)13-4-2/h5-7,13H,3-4,8-9H2,1-2H3. The summed E-state index contributed by atoms with van der Waals surface area (Å²) in [6.07, 6.45) is 0.936. The Morgan fingerprint density at radius 1 is 1.41 bits per heavy atom. The van der Waals surface area contributed by atoms with E-state index in [2.05, 4.69) is 5.32 Å². The summed E-state index contributed by atoms with van der Waals surface area (Å²) in [6.45, 7) is 5.64. The summed E-state index contributed by atoms with van der Waals surface area (Å²) >= 11 is 0. The minimum absolute atomic E-state index is 0.101. The lowest BCUT2D eigenvalue weighted by molar-refractivity contribution is -0.384. The van der Waals surface area contributed by atoms with Gasteiger partial charge in [0.2, 0.25) is 0 Å². The number of benzene rings is 1. The Morgan fingerprint density at radius 3 is 2.76 bits per heavy atom. The van der Waals surface area contributed by atoms with E-state index in [1.807, 2.05) is 19.9 Å². The number of para-hydroxylation sites is 1. The van der Waals surface area contributed by atoms with E-state index in [-0.39, 0.29) is 10.6 Å². The molecule has 0 saturated carbocycles. The first-order valence-electron chi connectivity index (χ1n) is 5.78. The van der Waals surface area contributed by atoms with Crippen LogP contribution in [0.4, 0.5) is 11.4 Å². The Morgan fingerprint density at radius 2 is 2.18 bits per heavy atom. The van der Waals surface area contributed by atoms with Crippen LogP contribution in [0.25, 0.3) is 0 Å². The SMILES string of the molecule is CCCOCc1cccc([N+](=O)[O-])c1NCC. The molecule has 0 spiro atoms. The van der Waals surface area contributed by atoms with E-state index in [0.29, 0.717) is 25.4 Å². The zero-order valence-corrected chi connectivity index (χ0v) is 10.2. The van der Waals surface area contributed by atoms with Crippen LogP contribution in [0.3, 0.4) is 0 Å². The van der Waals surface area contributed by atoms with E-state index < -0.39 is 0 Å². The maximum Gasteiger partial charge on any atom is 0.292 e. The average molecular weight is 238 g/mol. The number of nitro groups is 1. The summed E-state index contributed by atoms with van der Waals surface area (Å²) in [6, 6.07) is 5.03. The summed E-state index contributed by atoms with van der Waals surface area (Å²) < 4.78 is 5.43. The number of anilines is 1. The van der Waals surface area contributed by atoms with Crippen molar-refractivity contribution in [2.75, 3.05) is 18.5 Å². The van der Waals surface area contributed by atoms with Crippen molar-refractivity contribution in [3.05, 3.63) is 33.9 Å². The number of hydrogen-bond donors (Lipinski definition) is 1. The second kappa shape index (κ2) is 6.85. The van der Waals surface area contributed by atoms with Crippen LogP contribution in [0.2, 0.25) is 0 Å². The summed E-state index contributed by atoms with van der Waals surface area (Å²) in [7, 11) is 0. The highest BCUT2D eigenvalue weighted by molar-refractivity contribution is 5.66. The maximum atomic E-state index is 10.9. The molecule has 94 valence electrons. The molecule has 1 rings (SSSR count). The van der Waals surface area contributed by atoms with Gasteiger partial charge < -0.3 is 10.1 Å². The fraction of sp³-hybridized carbons (Fsp3) is 0.500. The molecule has 1 aromatic carbocycles. The normalized spacial score (nSPS) is 10.2. The predicted octanol–water partition coefficient (Wildman–Crippen LogP) is 2.95. The first kappa shape index (κ1) is 13.4. The Balaban J connectivity index is 2.93. The van der Waals surface area contributed by atoms with Crippen molar-refractivity contribution < 1.29 is 9.66 Å². The van der Waals surface area contributed by atoms with Crippen molar-refractivity contribution in [3.63, 3.8) is 0 Å². The Kier molecular flexibility index (Phi) is 5.42. The summed E-state index contributed by atoms with van der Waals surface area (Å²) in [5.41, 5.74) is 1.50. The van der Waals surface area contributed by atoms with Crippen LogP contribution in [0, 0.1) is 10.1 Å². The van der Waals surface area contributed by atoms with Crippen molar-refractivity contribution in [2.45, 2.75) is 26.9 Å². The van der Waals surface area contributed by atoms with E-state index in [0.717, 1.165) is 12.0 Å². The topological polar surface area (TPSA) is 64.4 Å². The zero-order chi connectivity index (χ0) is 12.7. The lowest BCUT2D eigenvalue weighted by Crippen LogP contribution is -2.06. The molecule has 0 atom stereocenters. The smallest absolute Gasteiger partial charge is 0.292 e. The highest BCUT2D eigenvalue weighted by Crippen LogP contribution is 2.28. The molecule has 17 heavy (non-hydrogen) atoms. The van der Waals surface area contributed by atoms with E-state index in [9.17, 15) is 10.1 Å². The highest BCUT2D eigenvalue weighted by Gasteiger charge is 2.16. The summed E-state index contributed by atoms with van der Waals surface area (Å²) in [4.78, 5) is 10.5. The van der Waals surface area contributed by atoms with Crippen LogP contribution in [0.1, 0.15) is 25.8 Å². The molecule has 0 saturated heterocycles. The minimum atomic E-state index is -0.374. The summed E-state index contributed by atoms with van der Waals surface area (Å²) in [5.74, 6) is 0. The second-order valence-corrected chi connectivity index (χ2v) is 3.65. The van der Waals surface area contributed by atoms with Gasteiger partial charge >= 0.3 is 0 Å². The van der Waals surface area contributed by atoms with E-state index in [1.165, 1.54) is 6.07 Å². The van der Waals surface area contributed by atoms with Crippen molar-refractivity contribution in [2.24, 2.45) is 0 Å². The number of nitrogens with one attached hydrogen (secondary N) is 1. The molecule has 0 fully saturated rings. The van der Waals surface area contributed by atoms with Gasteiger partial charge in [-0.05, 0) is 13.3 Å². The minimum Gasteiger partial charge on any atom is -0.379 e. The average Bonchev–Trinajstić information content (AvgIpc) is 2.31. The van der Waals surface area contributed by atoms with Crippen LogP contribution in [-0.4, -0.2) is 18.1 Å². The first-order valence-corrected chi connectivity index (χ1v) is 5.78. The van der Waals surface area contributed by atoms with Crippen molar-refractivity contribution >= 4 is 11.4 Å². The molecule has 0 aromatic heterocycles. The van der Waals surface area contributed by atoms with Crippen molar-refractivity contribution in [1.29, 1.82) is 0 Å². The molecule has 5 nitrogen and oxygen atoms in total. The van der Waals surface area contributed by atoms with Gasteiger partial charge in [0.15, 0.2) is 0 Å². The fourth-order valence-corrected chi connectivity index (χ4v) is 1.57. The van der Waals surface area contributed by atoms with E-state index in [1.54, 1.807) is 6.07 Å². The summed E-state index contributed by atoms with van der Waals surface area (Å²) in [5, 5.41) is 13.9. The van der Waals surface area contributed by atoms with Gasteiger partial charge in [-0.2, -0.15) is 0 Å². The van der Waals surface area contributed by atoms with E-state index >= 15 is 0 Å². The molecule has 0 amide bonds. The third-order valence-corrected chi connectivity index (χ3v) is 2.29. The second-order valence-electron chi connectivity index (χ2n) is 3.65. The number of nitro benzene ring substituents is 1. The third-order valence-electron chi connectivity index (χ3n) is 2.29. The third kappa shape index (κ3) is 3.71. The molecule has 0 aliphatic rings. The van der Waals surface area contributed by atoms with Crippen LogP contribution in [-0.2, 0) is 11.3 Å². The molecule has 0 radical (unpaired) electrons. The molecule has 1 N–H and O–H groups in total. The van der Waals surface area contributed by atoms with Gasteiger partial charge in [-0.1, -0.05) is 19.1 Å². The molecule has 5 heteroatoms. The Bertz CT molecular complexity index is 380. The van der Waals surface area contributed by atoms with Crippen molar-refractivity contribution in [3.8, 4) is 0 Å². The molecule has 0 unspecified atom stereocenters.